The van der Waals surface area contributed by atoms with Crippen LogP contribution in [-0.2, 0) is 12.0 Å². The van der Waals surface area contributed by atoms with Gasteiger partial charge >= 0.3 is 0 Å². The van der Waals surface area contributed by atoms with Gasteiger partial charge in [0.25, 0.3) is 11.1 Å². The molecule has 0 atom stereocenters. The van der Waals surface area contributed by atoms with Crippen LogP contribution < -0.4 is 15.9 Å². The van der Waals surface area contributed by atoms with E-state index < -0.39 is 23.8 Å². The van der Waals surface area contributed by atoms with Gasteiger partial charge in [-0.15, -0.1) is 0 Å². The highest BCUT2D eigenvalue weighted by atomic mass is 35.5. The van der Waals surface area contributed by atoms with Crippen molar-refractivity contribution in [2.75, 3.05) is 0 Å². The van der Waals surface area contributed by atoms with E-state index >= 15 is 0 Å². The van der Waals surface area contributed by atoms with Crippen LogP contribution >= 0.6 is 11.6 Å². The maximum Gasteiger partial charge on any atom is 0.280 e. The number of rotatable bonds is 5. The molecule has 37 heavy (non-hydrogen) atoms. The van der Waals surface area contributed by atoms with Crippen molar-refractivity contribution in [1.29, 1.82) is 0 Å². The van der Waals surface area contributed by atoms with Crippen molar-refractivity contribution >= 4 is 11.6 Å². The van der Waals surface area contributed by atoms with Gasteiger partial charge in [-0.05, 0) is 30.9 Å². The van der Waals surface area contributed by atoms with Crippen LogP contribution in [0.4, 0.5) is 8.78 Å². The third-order valence-electron chi connectivity index (χ3n) is 5.70. The fraction of sp³-hybridized carbons (Fsp3) is 0.269. The first-order valence-electron chi connectivity index (χ1n) is 11.3. The van der Waals surface area contributed by atoms with Crippen LogP contribution in [-0.4, -0.2) is 24.1 Å². The summed E-state index contributed by atoms with van der Waals surface area (Å²) in [5.41, 5.74) is 0.284. The first kappa shape index (κ1) is 26.2. The molecule has 8 nitrogen and oxygen atoms in total. The fourth-order valence-electron chi connectivity index (χ4n) is 3.77. The summed E-state index contributed by atoms with van der Waals surface area (Å²) < 4.78 is 35.2. The molecule has 0 amide bonds. The molecule has 0 saturated carbocycles. The molecule has 4 heterocycles. The molecule has 0 aliphatic carbocycles. The first-order valence-corrected chi connectivity index (χ1v) is 11.7. The minimum atomic E-state index is -0.896. The topological polar surface area (TPSA) is 91.9 Å². The highest BCUT2D eigenvalue weighted by Gasteiger charge is 2.21. The van der Waals surface area contributed by atoms with E-state index in [9.17, 15) is 18.4 Å². The molecular weight excluding hydrogens is 504 g/mol. The van der Waals surface area contributed by atoms with Crippen molar-refractivity contribution in [2.24, 2.45) is 0 Å². The van der Waals surface area contributed by atoms with E-state index in [1.54, 1.807) is 44.4 Å². The molecule has 4 aromatic heterocycles. The lowest BCUT2D eigenvalue weighted by atomic mass is 9.88. The molecule has 0 N–H and O–H groups in total. The third kappa shape index (κ3) is 5.15. The highest BCUT2D eigenvalue weighted by molar-refractivity contribution is 6.31. The van der Waals surface area contributed by atoms with E-state index in [2.05, 4.69) is 15.0 Å². The van der Waals surface area contributed by atoms with Gasteiger partial charge in [-0.1, -0.05) is 38.4 Å². The van der Waals surface area contributed by atoms with E-state index in [0.29, 0.717) is 28.7 Å². The van der Waals surface area contributed by atoms with Crippen molar-refractivity contribution < 1.29 is 13.5 Å². The fourth-order valence-corrected chi connectivity index (χ4v) is 3.95. The molecule has 0 aliphatic rings. The zero-order chi connectivity index (χ0) is 27.1. The van der Waals surface area contributed by atoms with Crippen LogP contribution in [0.1, 0.15) is 43.4 Å². The number of hydrogen-bond donors (Lipinski definition) is 0. The Labute approximate surface area is 216 Å². The van der Waals surface area contributed by atoms with Crippen molar-refractivity contribution in [3.05, 3.63) is 103 Å². The van der Waals surface area contributed by atoms with E-state index in [1.807, 2.05) is 20.8 Å². The van der Waals surface area contributed by atoms with E-state index in [0.717, 1.165) is 6.20 Å². The number of hydrogen-bond acceptors (Lipinski definition) is 6. The Morgan fingerprint density at radius 3 is 2.46 bits per heavy atom. The average molecular weight is 528 g/mol. The molecule has 0 unspecified atom stereocenters. The van der Waals surface area contributed by atoms with Crippen LogP contribution in [0.5, 0.6) is 5.88 Å². The Hall–Kier alpha value is -3.92. The second kappa shape index (κ2) is 9.85. The summed E-state index contributed by atoms with van der Waals surface area (Å²) in [7, 11) is 0. The van der Waals surface area contributed by atoms with Crippen LogP contribution in [0.3, 0.4) is 0 Å². The second-order valence-electron chi connectivity index (χ2n) is 9.47. The summed E-state index contributed by atoms with van der Waals surface area (Å²) in [5, 5.41) is -0.335. The SMILES string of the molecule is Cc1cnc(-n2cccc(C(C)(C)C)c2=O)cc1-n1c(C)nc(OCc2ncc(F)cc2F)c(Cl)c1=O. The minimum Gasteiger partial charge on any atom is -0.470 e. The Morgan fingerprint density at radius 1 is 1.05 bits per heavy atom. The van der Waals surface area contributed by atoms with E-state index in [4.69, 9.17) is 16.3 Å². The minimum absolute atomic E-state index is 0.168. The zero-order valence-electron chi connectivity index (χ0n) is 20.8. The molecule has 0 radical (unpaired) electrons. The molecule has 0 aromatic carbocycles. The third-order valence-corrected chi connectivity index (χ3v) is 6.02. The Kier molecular flexibility index (Phi) is 6.96. The van der Waals surface area contributed by atoms with E-state index in [1.165, 1.54) is 9.13 Å². The molecule has 192 valence electrons. The second-order valence-corrected chi connectivity index (χ2v) is 9.84. The van der Waals surface area contributed by atoms with Crippen LogP contribution in [0, 0.1) is 25.5 Å². The normalized spacial score (nSPS) is 11.6. The van der Waals surface area contributed by atoms with E-state index in [-0.39, 0.29) is 33.4 Å². The maximum absolute atomic E-state index is 13.9. The van der Waals surface area contributed by atoms with Crippen LogP contribution in [0.2, 0.25) is 5.02 Å². The predicted octanol–water partition coefficient (Wildman–Crippen LogP) is 4.60. The molecule has 0 saturated heterocycles. The van der Waals surface area contributed by atoms with Crippen molar-refractivity contribution in [3.8, 4) is 17.4 Å². The summed E-state index contributed by atoms with van der Waals surface area (Å²) in [5.74, 6) is -1.39. The molecule has 0 bridgehead atoms. The smallest absolute Gasteiger partial charge is 0.280 e. The number of halogens is 3. The van der Waals surface area contributed by atoms with Gasteiger partial charge in [0.2, 0.25) is 5.88 Å². The van der Waals surface area contributed by atoms with Gasteiger partial charge in [-0.2, -0.15) is 4.98 Å². The zero-order valence-corrected chi connectivity index (χ0v) is 21.6. The summed E-state index contributed by atoms with van der Waals surface area (Å²) in [6.45, 7) is 8.77. The lowest BCUT2D eigenvalue weighted by molar-refractivity contribution is 0.280. The Balaban J connectivity index is 1.76. The van der Waals surface area contributed by atoms with Gasteiger partial charge < -0.3 is 4.74 Å². The van der Waals surface area contributed by atoms with Gasteiger partial charge in [-0.3, -0.25) is 23.7 Å². The Morgan fingerprint density at radius 2 is 1.78 bits per heavy atom. The molecule has 0 spiro atoms. The Bertz CT molecular complexity index is 1630. The molecule has 0 fully saturated rings. The highest BCUT2D eigenvalue weighted by Crippen LogP contribution is 2.24. The standard InChI is InChI=1S/C26H24ClF2N5O3/c1-14-11-31-21(33-8-6-7-17(24(33)35)26(3,4)5)10-20(14)34-15(2)32-23(22(27)25(34)36)37-13-19-18(29)9-16(28)12-30-19/h6-12H,13H2,1-5H3. The number of nitrogens with zero attached hydrogens (tertiary/aromatic N) is 5. The lowest BCUT2D eigenvalue weighted by Crippen LogP contribution is -2.30. The number of aromatic nitrogens is 5. The molecule has 0 aliphatic heterocycles. The lowest BCUT2D eigenvalue weighted by Gasteiger charge is -2.20. The average Bonchev–Trinajstić information content (AvgIpc) is 2.82. The first-order chi connectivity index (χ1) is 17.4. The van der Waals surface area contributed by atoms with Crippen LogP contribution in [0.15, 0.2) is 52.4 Å². The number of pyridine rings is 3. The number of aryl methyl sites for hydroxylation is 2. The summed E-state index contributed by atoms with van der Waals surface area (Å²) >= 11 is 6.29. The van der Waals surface area contributed by atoms with Crippen molar-refractivity contribution in [3.63, 3.8) is 0 Å². The van der Waals surface area contributed by atoms with Gasteiger partial charge in [0.1, 0.15) is 29.8 Å². The molecule has 4 aromatic rings. The van der Waals surface area contributed by atoms with Crippen LogP contribution in [0.25, 0.3) is 11.5 Å². The molecule has 11 heteroatoms. The largest absolute Gasteiger partial charge is 0.470 e. The van der Waals surface area contributed by atoms with Gasteiger partial charge in [-0.25, -0.2) is 13.8 Å². The molecule has 4 rings (SSSR count). The quantitative estimate of drug-likeness (QED) is 0.377. The predicted molar refractivity (Wildman–Crippen MR) is 135 cm³/mol. The van der Waals surface area contributed by atoms with Gasteiger partial charge in [0.15, 0.2) is 10.8 Å². The number of ether oxygens (including phenoxy) is 1. The monoisotopic (exact) mass is 527 g/mol. The summed E-state index contributed by atoms with van der Waals surface area (Å²) in [6.07, 6.45) is 4.01. The molecular formula is C26H24ClF2N5O3. The maximum atomic E-state index is 13.9. The van der Waals surface area contributed by atoms with Gasteiger partial charge in [0, 0.05) is 30.1 Å². The summed E-state index contributed by atoms with van der Waals surface area (Å²) in [4.78, 5) is 38.8. The van der Waals surface area contributed by atoms with Crippen molar-refractivity contribution in [2.45, 2.75) is 46.6 Å². The van der Waals surface area contributed by atoms with Gasteiger partial charge in [0.05, 0.1) is 11.9 Å². The summed E-state index contributed by atoms with van der Waals surface area (Å²) in [6, 6.07) is 5.83. The van der Waals surface area contributed by atoms with Crippen molar-refractivity contribution in [1.82, 2.24) is 24.1 Å².